The molecule has 0 atom stereocenters. The van der Waals surface area contributed by atoms with Crippen LogP contribution >= 0.6 is 0 Å². The molecule has 1 aliphatic rings. The van der Waals surface area contributed by atoms with Crippen LogP contribution in [0.3, 0.4) is 0 Å². The standard InChI is InChI=1S/C26H29N7O2/c1-4-13-32-25(34)21-17-27-26(28-19-8-5-7-18(2)16-19)30-24(21)33(32)22-9-6-10-23(29-22)35-20-11-14-31(3)15-12-20/h4-10,16-17,20H,1,11-15H2,2-3H3,(H,27,28,30). The van der Waals surface area contributed by atoms with E-state index in [0.717, 1.165) is 37.2 Å². The van der Waals surface area contributed by atoms with Gasteiger partial charge in [0.25, 0.3) is 5.56 Å². The quantitative estimate of drug-likeness (QED) is 0.411. The maximum atomic E-state index is 13.2. The summed E-state index contributed by atoms with van der Waals surface area (Å²) in [5.74, 6) is 1.47. The number of ether oxygens (including phenoxy) is 1. The number of benzene rings is 1. The van der Waals surface area contributed by atoms with Gasteiger partial charge in [-0.3, -0.25) is 4.79 Å². The molecule has 9 nitrogen and oxygen atoms in total. The lowest BCUT2D eigenvalue weighted by atomic mass is 10.1. The lowest BCUT2D eigenvalue weighted by molar-refractivity contribution is 0.110. The third-order valence-electron chi connectivity index (χ3n) is 6.13. The highest BCUT2D eigenvalue weighted by Gasteiger charge is 2.21. The third kappa shape index (κ3) is 4.81. The number of fused-ring (bicyclic) bond motifs is 1. The molecule has 0 amide bonds. The number of aromatic nitrogens is 5. The zero-order valence-corrected chi connectivity index (χ0v) is 20.0. The summed E-state index contributed by atoms with van der Waals surface area (Å²) in [6, 6.07) is 13.5. The Hall–Kier alpha value is -3.98. The number of hydrogen-bond acceptors (Lipinski definition) is 7. The molecule has 3 aromatic heterocycles. The molecule has 1 aromatic carbocycles. The molecular weight excluding hydrogens is 442 g/mol. The van der Waals surface area contributed by atoms with Crippen LogP contribution in [-0.4, -0.2) is 55.5 Å². The highest BCUT2D eigenvalue weighted by atomic mass is 16.5. The molecule has 1 fully saturated rings. The summed E-state index contributed by atoms with van der Waals surface area (Å²) in [5, 5.41) is 3.64. The summed E-state index contributed by atoms with van der Waals surface area (Å²) in [7, 11) is 2.12. The van der Waals surface area contributed by atoms with E-state index in [1.807, 2.05) is 49.4 Å². The van der Waals surface area contributed by atoms with Gasteiger partial charge in [0.05, 0.1) is 6.54 Å². The van der Waals surface area contributed by atoms with E-state index in [-0.39, 0.29) is 11.7 Å². The van der Waals surface area contributed by atoms with E-state index in [0.29, 0.717) is 35.2 Å². The first-order valence-corrected chi connectivity index (χ1v) is 11.8. The molecule has 35 heavy (non-hydrogen) atoms. The van der Waals surface area contributed by atoms with Gasteiger partial charge < -0.3 is 15.0 Å². The van der Waals surface area contributed by atoms with Crippen molar-refractivity contribution in [2.75, 3.05) is 25.5 Å². The first kappa shape index (κ1) is 22.8. The zero-order valence-electron chi connectivity index (χ0n) is 20.0. The average molecular weight is 472 g/mol. The number of allylic oxidation sites excluding steroid dienone is 1. The zero-order chi connectivity index (χ0) is 24.4. The van der Waals surface area contributed by atoms with Crippen molar-refractivity contribution in [2.24, 2.45) is 0 Å². The second-order valence-electron chi connectivity index (χ2n) is 8.87. The van der Waals surface area contributed by atoms with Crippen LogP contribution in [0, 0.1) is 6.92 Å². The normalized spacial score (nSPS) is 14.8. The SMILES string of the molecule is C=CCn1c(=O)c2cnc(Nc3cccc(C)c3)nc2n1-c1cccc(OC2CCN(C)CC2)n1. The number of aryl methyl sites for hydroxylation is 1. The molecule has 180 valence electrons. The first-order valence-electron chi connectivity index (χ1n) is 11.8. The van der Waals surface area contributed by atoms with Crippen LogP contribution in [0.15, 0.2) is 66.1 Å². The number of anilines is 2. The van der Waals surface area contributed by atoms with Crippen molar-refractivity contribution in [3.63, 3.8) is 0 Å². The summed E-state index contributed by atoms with van der Waals surface area (Å²) >= 11 is 0. The average Bonchev–Trinajstić information content (AvgIpc) is 3.12. The van der Waals surface area contributed by atoms with Crippen LogP contribution in [0.1, 0.15) is 18.4 Å². The smallest absolute Gasteiger partial charge is 0.278 e. The van der Waals surface area contributed by atoms with Gasteiger partial charge in [-0.25, -0.2) is 14.3 Å². The Morgan fingerprint density at radius 3 is 2.74 bits per heavy atom. The highest BCUT2D eigenvalue weighted by molar-refractivity contribution is 5.77. The Balaban J connectivity index is 1.54. The molecule has 0 unspecified atom stereocenters. The van der Waals surface area contributed by atoms with E-state index in [1.54, 1.807) is 21.6 Å². The maximum absolute atomic E-state index is 13.2. The number of piperidine rings is 1. The predicted molar refractivity (Wildman–Crippen MR) is 137 cm³/mol. The van der Waals surface area contributed by atoms with E-state index >= 15 is 0 Å². The van der Waals surface area contributed by atoms with Crippen molar-refractivity contribution in [1.82, 2.24) is 29.2 Å². The number of nitrogens with one attached hydrogen (secondary N) is 1. The predicted octanol–water partition coefficient (Wildman–Crippen LogP) is 3.69. The molecule has 1 aliphatic heterocycles. The van der Waals surface area contributed by atoms with E-state index in [9.17, 15) is 4.79 Å². The number of likely N-dealkylation sites (tertiary alicyclic amines) is 1. The van der Waals surface area contributed by atoms with Crippen LogP contribution in [0.2, 0.25) is 0 Å². The third-order valence-corrected chi connectivity index (χ3v) is 6.13. The molecule has 0 spiro atoms. The van der Waals surface area contributed by atoms with Gasteiger partial charge in [-0.2, -0.15) is 9.97 Å². The molecule has 5 rings (SSSR count). The fourth-order valence-corrected chi connectivity index (χ4v) is 4.32. The molecule has 0 saturated carbocycles. The highest BCUT2D eigenvalue weighted by Crippen LogP contribution is 2.22. The summed E-state index contributed by atoms with van der Waals surface area (Å²) in [6.45, 7) is 8.14. The van der Waals surface area contributed by atoms with Gasteiger partial charge in [-0.15, -0.1) is 6.58 Å². The van der Waals surface area contributed by atoms with Crippen LogP contribution in [-0.2, 0) is 6.54 Å². The Bertz CT molecular complexity index is 1420. The van der Waals surface area contributed by atoms with Crippen molar-refractivity contribution in [3.05, 3.63) is 77.2 Å². The summed E-state index contributed by atoms with van der Waals surface area (Å²) in [5.41, 5.74) is 2.25. The van der Waals surface area contributed by atoms with Crippen LogP contribution in [0.5, 0.6) is 5.88 Å². The minimum atomic E-state index is -0.203. The first-order chi connectivity index (χ1) is 17.0. The van der Waals surface area contributed by atoms with Crippen LogP contribution < -0.4 is 15.6 Å². The summed E-state index contributed by atoms with van der Waals surface area (Å²) in [4.78, 5) is 29.3. The second-order valence-corrected chi connectivity index (χ2v) is 8.87. The van der Waals surface area contributed by atoms with Gasteiger partial charge in [0.1, 0.15) is 11.5 Å². The van der Waals surface area contributed by atoms with Crippen molar-refractivity contribution >= 4 is 22.7 Å². The maximum Gasteiger partial charge on any atom is 0.278 e. The topological polar surface area (TPSA) is 90.1 Å². The number of rotatable bonds is 7. The van der Waals surface area contributed by atoms with E-state index in [1.165, 1.54) is 0 Å². The Kier molecular flexibility index (Phi) is 6.33. The molecule has 1 saturated heterocycles. The van der Waals surface area contributed by atoms with Gasteiger partial charge in [-0.1, -0.05) is 24.3 Å². The minimum Gasteiger partial charge on any atom is -0.474 e. The summed E-state index contributed by atoms with van der Waals surface area (Å²) < 4.78 is 9.47. The Morgan fingerprint density at radius 1 is 1.17 bits per heavy atom. The molecule has 4 heterocycles. The van der Waals surface area contributed by atoms with Crippen molar-refractivity contribution in [2.45, 2.75) is 32.4 Å². The van der Waals surface area contributed by atoms with Crippen LogP contribution in [0.25, 0.3) is 16.9 Å². The lowest BCUT2D eigenvalue weighted by Crippen LogP contribution is -2.35. The molecular formula is C26H29N7O2. The van der Waals surface area contributed by atoms with Gasteiger partial charge in [0.15, 0.2) is 11.5 Å². The molecule has 0 radical (unpaired) electrons. The monoisotopic (exact) mass is 471 g/mol. The Morgan fingerprint density at radius 2 is 1.97 bits per heavy atom. The van der Waals surface area contributed by atoms with E-state index in [2.05, 4.69) is 28.8 Å². The Labute approximate surface area is 203 Å². The summed E-state index contributed by atoms with van der Waals surface area (Å²) in [6.07, 6.45) is 5.26. The molecule has 0 aliphatic carbocycles. The lowest BCUT2D eigenvalue weighted by Gasteiger charge is -2.29. The van der Waals surface area contributed by atoms with Crippen molar-refractivity contribution in [1.29, 1.82) is 0 Å². The molecule has 0 bridgehead atoms. The van der Waals surface area contributed by atoms with Gasteiger partial charge in [-0.05, 0) is 50.6 Å². The van der Waals surface area contributed by atoms with Crippen molar-refractivity contribution in [3.8, 4) is 11.7 Å². The second kappa shape index (κ2) is 9.71. The number of nitrogens with zero attached hydrogens (tertiary/aromatic N) is 6. The van der Waals surface area contributed by atoms with Gasteiger partial charge in [0.2, 0.25) is 11.8 Å². The fraction of sp³-hybridized carbons (Fsp3) is 0.308. The number of hydrogen-bond donors (Lipinski definition) is 1. The van der Waals surface area contributed by atoms with Crippen LogP contribution in [0.4, 0.5) is 11.6 Å². The minimum absolute atomic E-state index is 0.123. The number of pyridine rings is 1. The van der Waals surface area contributed by atoms with Gasteiger partial charge >= 0.3 is 0 Å². The van der Waals surface area contributed by atoms with E-state index in [4.69, 9.17) is 14.7 Å². The largest absolute Gasteiger partial charge is 0.474 e. The van der Waals surface area contributed by atoms with Crippen molar-refractivity contribution < 1.29 is 4.74 Å². The van der Waals surface area contributed by atoms with E-state index < -0.39 is 0 Å². The molecule has 1 N–H and O–H groups in total. The molecule has 4 aromatic rings. The fourth-order valence-electron chi connectivity index (χ4n) is 4.32. The molecule has 9 heteroatoms. The van der Waals surface area contributed by atoms with Gasteiger partial charge in [0, 0.05) is 31.0 Å².